The van der Waals surface area contributed by atoms with Crippen LogP contribution < -0.4 is 0 Å². The van der Waals surface area contributed by atoms with Crippen molar-refractivity contribution in [3.8, 4) is 0 Å². The molecule has 0 atom stereocenters. The third-order valence-electron chi connectivity index (χ3n) is 5.00. The van der Waals surface area contributed by atoms with Crippen LogP contribution in [0.1, 0.15) is 23.1 Å². The number of carbonyl (C=O) groups excluding carboxylic acids is 1. The summed E-state index contributed by atoms with van der Waals surface area (Å²) in [5, 5.41) is 0.419. The van der Waals surface area contributed by atoms with E-state index >= 15 is 0 Å². The number of thioether (sulfide) groups is 1. The summed E-state index contributed by atoms with van der Waals surface area (Å²) < 4.78 is 37.8. The molecule has 8 heteroatoms. The van der Waals surface area contributed by atoms with Crippen molar-refractivity contribution in [2.45, 2.75) is 31.1 Å². The number of aryl methyl sites for hydroxylation is 1. The summed E-state index contributed by atoms with van der Waals surface area (Å²) >= 11 is 1.17. The molecule has 0 spiro atoms. The van der Waals surface area contributed by atoms with Crippen LogP contribution in [0.5, 0.6) is 0 Å². The van der Waals surface area contributed by atoms with E-state index in [-0.39, 0.29) is 11.7 Å². The van der Waals surface area contributed by atoms with Gasteiger partial charge in [0.2, 0.25) is 5.91 Å². The molecule has 1 amide bonds. The van der Waals surface area contributed by atoms with Crippen LogP contribution in [0.15, 0.2) is 47.6 Å². The summed E-state index contributed by atoms with van der Waals surface area (Å²) in [5.74, 6) is 0.172. The zero-order valence-electron chi connectivity index (χ0n) is 16.3. The van der Waals surface area contributed by atoms with Crippen molar-refractivity contribution in [3.05, 3.63) is 59.3 Å². The first-order valence-corrected chi connectivity index (χ1v) is 10.5. The smallest absolute Gasteiger partial charge is 0.341 e. The monoisotopic (exact) mass is 423 g/mol. The second-order valence-corrected chi connectivity index (χ2v) is 8.10. The summed E-state index contributed by atoms with van der Waals surface area (Å²) in [4.78, 5) is 20.6. The Morgan fingerprint density at radius 2 is 1.90 bits per heavy atom. The minimum absolute atomic E-state index is 0.00515. The summed E-state index contributed by atoms with van der Waals surface area (Å²) in [6, 6.07) is 10.6. The maximum Gasteiger partial charge on any atom is 0.417 e. The van der Waals surface area contributed by atoms with Crippen molar-refractivity contribution in [1.29, 1.82) is 0 Å². The molecule has 1 aliphatic heterocycles. The van der Waals surface area contributed by atoms with E-state index in [1.165, 1.54) is 29.0 Å². The number of carbonyl (C=O) groups is 1. The Labute approximate surface area is 173 Å². The van der Waals surface area contributed by atoms with Gasteiger partial charge in [0, 0.05) is 38.9 Å². The Bertz CT molecular complexity index is 827. The lowest BCUT2D eigenvalue weighted by Gasteiger charge is -2.22. The van der Waals surface area contributed by atoms with Gasteiger partial charge in [-0.2, -0.15) is 13.2 Å². The number of rotatable bonds is 5. The van der Waals surface area contributed by atoms with Crippen LogP contribution in [0, 0.1) is 6.92 Å². The van der Waals surface area contributed by atoms with Gasteiger partial charge in [-0.25, -0.2) is 4.98 Å². The first kappa shape index (κ1) is 21.6. The Kier molecular flexibility index (Phi) is 7.18. The molecule has 1 aliphatic rings. The van der Waals surface area contributed by atoms with Crippen LogP contribution in [0.2, 0.25) is 0 Å². The molecule has 3 rings (SSSR count). The molecule has 156 valence electrons. The van der Waals surface area contributed by atoms with Gasteiger partial charge < -0.3 is 4.90 Å². The fourth-order valence-electron chi connectivity index (χ4n) is 3.27. The van der Waals surface area contributed by atoms with E-state index in [2.05, 4.69) is 28.9 Å². The van der Waals surface area contributed by atoms with Gasteiger partial charge in [0.25, 0.3) is 0 Å². The third kappa shape index (κ3) is 6.21. The van der Waals surface area contributed by atoms with Gasteiger partial charge >= 0.3 is 6.18 Å². The number of hydrogen-bond donors (Lipinski definition) is 0. The molecule has 0 aliphatic carbocycles. The molecule has 2 heterocycles. The molecular formula is C21H24F3N3OS. The van der Waals surface area contributed by atoms with Gasteiger partial charge in [-0.1, -0.05) is 36.0 Å². The summed E-state index contributed by atoms with van der Waals surface area (Å²) in [6.45, 7) is 6.08. The van der Waals surface area contributed by atoms with Crippen LogP contribution in [-0.2, 0) is 17.5 Å². The zero-order valence-corrected chi connectivity index (χ0v) is 17.1. The lowest BCUT2D eigenvalue weighted by atomic mass is 10.1. The van der Waals surface area contributed by atoms with Crippen molar-refractivity contribution < 1.29 is 18.0 Å². The quantitative estimate of drug-likeness (QED) is 0.675. The van der Waals surface area contributed by atoms with E-state index in [1.807, 2.05) is 17.0 Å². The minimum Gasteiger partial charge on any atom is -0.341 e. The first-order chi connectivity index (χ1) is 13.8. The number of aromatic nitrogens is 1. The van der Waals surface area contributed by atoms with Gasteiger partial charge in [-0.15, -0.1) is 0 Å². The molecule has 1 saturated heterocycles. The fourth-order valence-corrected chi connectivity index (χ4v) is 4.01. The lowest BCUT2D eigenvalue weighted by Crippen LogP contribution is -2.36. The van der Waals surface area contributed by atoms with Gasteiger partial charge in [0.05, 0.1) is 16.3 Å². The summed E-state index contributed by atoms with van der Waals surface area (Å²) in [6.07, 6.45) is -2.69. The van der Waals surface area contributed by atoms with Gasteiger partial charge in [0.15, 0.2) is 0 Å². The lowest BCUT2D eigenvalue weighted by molar-refractivity contribution is -0.138. The van der Waals surface area contributed by atoms with E-state index in [0.717, 1.165) is 38.3 Å². The molecule has 1 fully saturated rings. The second-order valence-electron chi connectivity index (χ2n) is 7.11. The van der Waals surface area contributed by atoms with E-state index in [0.29, 0.717) is 18.1 Å². The predicted molar refractivity (Wildman–Crippen MR) is 108 cm³/mol. The fraction of sp³-hybridized carbons (Fsp3) is 0.429. The Balaban J connectivity index is 1.48. The number of hydrogen-bond acceptors (Lipinski definition) is 4. The normalized spacial score (nSPS) is 15.9. The average molecular weight is 424 g/mol. The molecule has 0 radical (unpaired) electrons. The number of benzene rings is 1. The number of amides is 1. The molecule has 1 aromatic carbocycles. The highest BCUT2D eigenvalue weighted by atomic mass is 32.2. The zero-order chi connectivity index (χ0) is 20.9. The highest BCUT2D eigenvalue weighted by Gasteiger charge is 2.30. The molecular weight excluding hydrogens is 399 g/mol. The number of alkyl halides is 3. The number of pyridine rings is 1. The Hall–Kier alpha value is -2.06. The van der Waals surface area contributed by atoms with Gasteiger partial charge in [-0.05, 0) is 36.6 Å². The van der Waals surface area contributed by atoms with Crippen molar-refractivity contribution in [2.24, 2.45) is 0 Å². The molecule has 1 aromatic heterocycles. The van der Waals surface area contributed by atoms with Crippen molar-refractivity contribution in [3.63, 3.8) is 0 Å². The Morgan fingerprint density at radius 3 is 2.59 bits per heavy atom. The molecule has 4 nitrogen and oxygen atoms in total. The Morgan fingerprint density at radius 1 is 1.10 bits per heavy atom. The largest absolute Gasteiger partial charge is 0.417 e. The highest BCUT2D eigenvalue weighted by molar-refractivity contribution is 7.99. The van der Waals surface area contributed by atoms with E-state index in [1.54, 1.807) is 0 Å². The maximum atomic E-state index is 12.6. The molecule has 2 aromatic rings. The van der Waals surface area contributed by atoms with Crippen LogP contribution in [-0.4, -0.2) is 52.6 Å². The molecule has 0 unspecified atom stereocenters. The predicted octanol–water partition coefficient (Wildman–Crippen LogP) is 4.24. The molecule has 29 heavy (non-hydrogen) atoms. The summed E-state index contributed by atoms with van der Waals surface area (Å²) in [5.41, 5.74) is 1.79. The average Bonchev–Trinajstić information content (AvgIpc) is 2.93. The van der Waals surface area contributed by atoms with Gasteiger partial charge in [-0.3, -0.25) is 9.69 Å². The second kappa shape index (κ2) is 9.63. The van der Waals surface area contributed by atoms with E-state index in [4.69, 9.17) is 0 Å². The van der Waals surface area contributed by atoms with Crippen molar-refractivity contribution in [1.82, 2.24) is 14.8 Å². The minimum atomic E-state index is -4.40. The van der Waals surface area contributed by atoms with Crippen molar-refractivity contribution in [2.75, 3.05) is 31.9 Å². The molecule has 0 bridgehead atoms. The van der Waals surface area contributed by atoms with Crippen LogP contribution in [0.3, 0.4) is 0 Å². The van der Waals surface area contributed by atoms with Crippen LogP contribution in [0.4, 0.5) is 13.2 Å². The van der Waals surface area contributed by atoms with Crippen LogP contribution >= 0.6 is 11.8 Å². The summed E-state index contributed by atoms with van der Waals surface area (Å²) in [7, 11) is 0. The molecule has 0 N–H and O–H groups in total. The first-order valence-electron chi connectivity index (χ1n) is 9.53. The molecule has 0 saturated carbocycles. The van der Waals surface area contributed by atoms with E-state index in [9.17, 15) is 18.0 Å². The highest BCUT2D eigenvalue weighted by Crippen LogP contribution is 2.29. The standard InChI is InChI=1S/C21H24F3N3OS/c1-16-5-2-3-6-17(16)14-26-9-4-10-27(12-11-26)20(28)15-29-19-8-7-18(13-25-19)21(22,23)24/h2-3,5-8,13H,4,9-12,14-15H2,1H3. The maximum absolute atomic E-state index is 12.6. The van der Waals surface area contributed by atoms with Crippen molar-refractivity contribution >= 4 is 17.7 Å². The third-order valence-corrected chi connectivity index (χ3v) is 5.93. The number of nitrogens with zero attached hydrogens (tertiary/aromatic N) is 3. The van der Waals surface area contributed by atoms with Gasteiger partial charge in [0.1, 0.15) is 0 Å². The van der Waals surface area contributed by atoms with E-state index < -0.39 is 11.7 Å². The SMILES string of the molecule is Cc1ccccc1CN1CCCN(C(=O)CSc2ccc(C(F)(F)F)cn2)CC1. The number of halogens is 3. The van der Waals surface area contributed by atoms with Crippen LogP contribution in [0.25, 0.3) is 0 Å². The topological polar surface area (TPSA) is 36.4 Å².